The predicted octanol–water partition coefficient (Wildman–Crippen LogP) is 2.37. The van der Waals surface area contributed by atoms with Gasteiger partial charge in [0.05, 0.1) is 12.2 Å². The van der Waals surface area contributed by atoms with Crippen molar-refractivity contribution in [3.8, 4) is 5.69 Å². The quantitative estimate of drug-likeness (QED) is 0.840. The maximum absolute atomic E-state index is 13.4. The third kappa shape index (κ3) is 4.05. The van der Waals surface area contributed by atoms with Crippen LogP contribution in [0, 0.1) is 0 Å². The fourth-order valence-electron chi connectivity index (χ4n) is 4.61. The number of para-hydroxylation sites is 1. The molecule has 2 heterocycles. The van der Waals surface area contributed by atoms with E-state index in [1.807, 2.05) is 51.9 Å². The van der Waals surface area contributed by atoms with Crippen LogP contribution in [0.5, 0.6) is 0 Å². The van der Waals surface area contributed by atoms with Crippen LogP contribution in [-0.4, -0.2) is 69.3 Å². The average Bonchev–Trinajstić information content (AvgIpc) is 3.22. The first kappa shape index (κ1) is 19.6. The smallest absolute Gasteiger partial charge is 0.317 e. The van der Waals surface area contributed by atoms with E-state index in [4.69, 9.17) is 10.2 Å². The Morgan fingerprint density at radius 1 is 1.14 bits per heavy atom. The van der Waals surface area contributed by atoms with Crippen molar-refractivity contribution in [1.82, 2.24) is 19.6 Å². The monoisotopic (exact) mass is 396 g/mol. The van der Waals surface area contributed by atoms with Crippen LogP contribution in [0.3, 0.4) is 0 Å². The van der Waals surface area contributed by atoms with Crippen molar-refractivity contribution in [3.05, 3.63) is 47.3 Å². The van der Waals surface area contributed by atoms with Gasteiger partial charge < -0.3 is 10.0 Å². The summed E-state index contributed by atoms with van der Waals surface area (Å²) in [5.74, 6) is -0.800. The lowest BCUT2D eigenvalue weighted by atomic mass is 10.1. The van der Waals surface area contributed by atoms with Crippen LogP contribution in [0.15, 0.2) is 30.3 Å². The Balaban J connectivity index is 1.52. The molecule has 7 nitrogen and oxygen atoms in total. The Kier molecular flexibility index (Phi) is 5.67. The molecule has 1 aromatic heterocycles. The first-order valence-corrected chi connectivity index (χ1v) is 10.4. The van der Waals surface area contributed by atoms with Gasteiger partial charge in [-0.05, 0) is 57.7 Å². The van der Waals surface area contributed by atoms with Crippen LogP contribution in [-0.2, 0) is 17.6 Å². The highest BCUT2D eigenvalue weighted by atomic mass is 16.4. The van der Waals surface area contributed by atoms with Crippen LogP contribution < -0.4 is 0 Å². The van der Waals surface area contributed by atoms with Gasteiger partial charge in [0.1, 0.15) is 0 Å². The molecule has 1 aromatic carbocycles. The Morgan fingerprint density at radius 2 is 1.93 bits per heavy atom. The first-order chi connectivity index (χ1) is 14.0. The SMILES string of the molecule is CN(CC(=O)O)C1CCCN(C(=O)c2nn(-c3ccccc3)c3c2CCC3)CC1. The maximum atomic E-state index is 13.4. The summed E-state index contributed by atoms with van der Waals surface area (Å²) in [5.41, 5.74) is 3.85. The molecule has 0 bridgehead atoms. The van der Waals surface area contributed by atoms with Crippen molar-refractivity contribution in [1.29, 1.82) is 0 Å². The average molecular weight is 396 g/mol. The van der Waals surface area contributed by atoms with E-state index in [1.54, 1.807) is 0 Å². The summed E-state index contributed by atoms with van der Waals surface area (Å²) in [6, 6.07) is 10.2. The Bertz CT molecular complexity index is 893. The zero-order valence-electron chi connectivity index (χ0n) is 16.9. The fourth-order valence-corrected chi connectivity index (χ4v) is 4.61. The molecule has 1 aliphatic carbocycles. The summed E-state index contributed by atoms with van der Waals surface area (Å²) in [5, 5.41) is 13.8. The van der Waals surface area contributed by atoms with Crippen LogP contribution in [0.4, 0.5) is 0 Å². The van der Waals surface area contributed by atoms with E-state index in [1.165, 1.54) is 0 Å². The number of aliphatic carboxylic acids is 1. The molecular weight excluding hydrogens is 368 g/mol. The number of carbonyl (C=O) groups excluding carboxylic acids is 1. The first-order valence-electron chi connectivity index (χ1n) is 10.4. The number of amides is 1. The lowest BCUT2D eigenvalue weighted by Crippen LogP contribution is -2.37. The molecule has 1 unspecified atom stereocenters. The maximum Gasteiger partial charge on any atom is 0.317 e. The van der Waals surface area contributed by atoms with Gasteiger partial charge in [0, 0.05) is 30.4 Å². The topological polar surface area (TPSA) is 78.7 Å². The minimum atomic E-state index is -0.813. The Hall–Kier alpha value is -2.67. The van der Waals surface area contributed by atoms with Gasteiger partial charge in [-0.1, -0.05) is 18.2 Å². The van der Waals surface area contributed by atoms with Gasteiger partial charge >= 0.3 is 5.97 Å². The summed E-state index contributed by atoms with van der Waals surface area (Å²) in [4.78, 5) is 28.2. The lowest BCUT2D eigenvalue weighted by Gasteiger charge is -2.25. The van der Waals surface area contributed by atoms with Crippen molar-refractivity contribution in [3.63, 3.8) is 0 Å². The summed E-state index contributed by atoms with van der Waals surface area (Å²) in [6.45, 7) is 1.37. The zero-order valence-corrected chi connectivity index (χ0v) is 16.9. The van der Waals surface area contributed by atoms with Gasteiger partial charge in [0.25, 0.3) is 5.91 Å². The highest BCUT2D eigenvalue weighted by Crippen LogP contribution is 2.29. The second-order valence-corrected chi connectivity index (χ2v) is 8.06. The molecule has 1 N–H and O–H groups in total. The largest absolute Gasteiger partial charge is 0.480 e. The van der Waals surface area contributed by atoms with E-state index in [9.17, 15) is 9.59 Å². The predicted molar refractivity (Wildman–Crippen MR) is 109 cm³/mol. The molecule has 1 atom stereocenters. The molecule has 1 fully saturated rings. The third-order valence-corrected chi connectivity index (χ3v) is 6.13. The van der Waals surface area contributed by atoms with Gasteiger partial charge in [-0.2, -0.15) is 5.10 Å². The Morgan fingerprint density at radius 3 is 2.69 bits per heavy atom. The molecule has 0 saturated carbocycles. The number of carboxylic acids is 1. The minimum Gasteiger partial charge on any atom is -0.480 e. The molecule has 2 aliphatic rings. The van der Waals surface area contributed by atoms with E-state index in [0.29, 0.717) is 18.8 Å². The van der Waals surface area contributed by atoms with Crippen molar-refractivity contribution >= 4 is 11.9 Å². The van der Waals surface area contributed by atoms with E-state index in [0.717, 1.165) is 55.5 Å². The molecule has 1 amide bonds. The van der Waals surface area contributed by atoms with Crippen LogP contribution >= 0.6 is 0 Å². The van der Waals surface area contributed by atoms with E-state index in [-0.39, 0.29) is 18.5 Å². The van der Waals surface area contributed by atoms with Crippen molar-refractivity contribution < 1.29 is 14.7 Å². The summed E-state index contributed by atoms with van der Waals surface area (Å²) >= 11 is 0. The van der Waals surface area contributed by atoms with Gasteiger partial charge in [-0.3, -0.25) is 14.5 Å². The molecule has 4 rings (SSSR count). The molecule has 0 radical (unpaired) electrons. The van der Waals surface area contributed by atoms with E-state index in [2.05, 4.69) is 0 Å². The normalized spacial score (nSPS) is 19.2. The second-order valence-electron chi connectivity index (χ2n) is 8.06. The fraction of sp³-hybridized carbons (Fsp3) is 0.500. The Labute approximate surface area is 170 Å². The molecule has 29 heavy (non-hydrogen) atoms. The van der Waals surface area contributed by atoms with Crippen LogP contribution in [0.2, 0.25) is 0 Å². The number of likely N-dealkylation sites (N-methyl/N-ethyl adjacent to an activating group) is 1. The number of nitrogens with zero attached hydrogens (tertiary/aromatic N) is 4. The highest BCUT2D eigenvalue weighted by molar-refractivity contribution is 5.94. The molecule has 154 valence electrons. The number of rotatable bonds is 5. The van der Waals surface area contributed by atoms with E-state index < -0.39 is 5.97 Å². The second kappa shape index (κ2) is 8.37. The molecule has 1 saturated heterocycles. The van der Waals surface area contributed by atoms with Crippen LogP contribution in [0.1, 0.15) is 47.4 Å². The van der Waals surface area contributed by atoms with Crippen molar-refractivity contribution in [2.45, 2.75) is 44.6 Å². The van der Waals surface area contributed by atoms with E-state index >= 15 is 0 Å². The molecule has 0 spiro atoms. The van der Waals surface area contributed by atoms with Crippen molar-refractivity contribution in [2.75, 3.05) is 26.7 Å². The van der Waals surface area contributed by atoms with Gasteiger partial charge in [-0.25, -0.2) is 4.68 Å². The number of hydrogen-bond donors (Lipinski definition) is 1. The lowest BCUT2D eigenvalue weighted by molar-refractivity contribution is -0.138. The minimum absolute atomic E-state index is 0.0133. The number of likely N-dealkylation sites (tertiary alicyclic amines) is 1. The highest BCUT2D eigenvalue weighted by Gasteiger charge is 2.31. The number of benzene rings is 1. The summed E-state index contributed by atoms with van der Waals surface area (Å²) in [7, 11) is 1.85. The van der Waals surface area contributed by atoms with Gasteiger partial charge in [0.2, 0.25) is 0 Å². The molecular formula is C22H28N4O3. The number of hydrogen-bond acceptors (Lipinski definition) is 4. The molecule has 2 aromatic rings. The summed E-state index contributed by atoms with van der Waals surface area (Å²) < 4.78 is 1.94. The molecule has 7 heteroatoms. The molecule has 1 aliphatic heterocycles. The number of carboxylic acid groups (broad SMARTS) is 1. The zero-order chi connectivity index (χ0) is 20.4. The summed E-state index contributed by atoms with van der Waals surface area (Å²) in [6.07, 6.45) is 5.49. The third-order valence-electron chi connectivity index (χ3n) is 6.13. The van der Waals surface area contributed by atoms with Gasteiger partial charge in [-0.15, -0.1) is 0 Å². The number of fused-ring (bicyclic) bond motifs is 1. The van der Waals surface area contributed by atoms with Gasteiger partial charge in [0.15, 0.2) is 5.69 Å². The van der Waals surface area contributed by atoms with Crippen molar-refractivity contribution in [2.24, 2.45) is 0 Å². The number of aromatic nitrogens is 2. The standard InChI is InChI=1S/C22H28N4O3/c1-24(15-20(27)28)16-9-6-13-25(14-12-16)22(29)21-18-10-5-11-19(18)26(23-21)17-7-3-2-4-8-17/h2-4,7-8,16H,5-6,9-15H2,1H3,(H,27,28). The van der Waals surface area contributed by atoms with Crippen LogP contribution in [0.25, 0.3) is 5.69 Å². The number of carbonyl (C=O) groups is 2.